The van der Waals surface area contributed by atoms with Gasteiger partial charge in [-0.2, -0.15) is 0 Å². The van der Waals surface area contributed by atoms with Crippen LogP contribution in [-0.2, 0) is 22.6 Å². The van der Waals surface area contributed by atoms with Gasteiger partial charge in [0.2, 0.25) is 11.8 Å². The highest BCUT2D eigenvalue weighted by molar-refractivity contribution is 6.36. The van der Waals surface area contributed by atoms with Gasteiger partial charge >= 0.3 is 0 Å². The summed E-state index contributed by atoms with van der Waals surface area (Å²) in [6.45, 7) is 2.44. The highest BCUT2D eigenvalue weighted by atomic mass is 35.5. The molecule has 0 aliphatic carbocycles. The number of benzene rings is 4. The second-order valence-electron chi connectivity index (χ2n) is 9.40. The smallest absolute Gasteiger partial charge is 0.243 e. The van der Waals surface area contributed by atoms with Crippen LogP contribution in [0.3, 0.4) is 0 Å². The van der Waals surface area contributed by atoms with Crippen molar-refractivity contribution >= 4 is 35.0 Å². The Hall–Kier alpha value is -3.60. The summed E-state index contributed by atoms with van der Waals surface area (Å²) in [5.41, 5.74) is 3.64. The van der Waals surface area contributed by atoms with Gasteiger partial charge in [-0.25, -0.2) is 0 Å². The van der Waals surface area contributed by atoms with Gasteiger partial charge in [0.05, 0.1) is 0 Å². The van der Waals surface area contributed by atoms with Crippen molar-refractivity contribution in [2.45, 2.75) is 38.3 Å². The van der Waals surface area contributed by atoms with E-state index in [2.05, 4.69) is 5.32 Å². The van der Waals surface area contributed by atoms with Gasteiger partial charge in [-0.3, -0.25) is 9.59 Å². The van der Waals surface area contributed by atoms with Gasteiger partial charge in [0.1, 0.15) is 6.04 Å². The van der Waals surface area contributed by atoms with Crippen LogP contribution in [0.5, 0.6) is 0 Å². The van der Waals surface area contributed by atoms with E-state index in [1.165, 1.54) is 0 Å². The highest BCUT2D eigenvalue weighted by Gasteiger charge is 2.32. The Morgan fingerprint density at radius 2 is 1.26 bits per heavy atom. The average Bonchev–Trinajstić information content (AvgIpc) is 2.96. The first-order valence-electron chi connectivity index (χ1n) is 13.1. The summed E-state index contributed by atoms with van der Waals surface area (Å²) in [7, 11) is 0. The molecule has 0 saturated carbocycles. The summed E-state index contributed by atoms with van der Waals surface area (Å²) in [5.74, 6) is -0.555. The summed E-state index contributed by atoms with van der Waals surface area (Å²) in [4.78, 5) is 29.5. The lowest BCUT2D eigenvalue weighted by atomic mass is 9.87. The molecule has 0 bridgehead atoms. The first-order chi connectivity index (χ1) is 19.0. The molecular weight excluding hydrogens is 527 g/mol. The van der Waals surface area contributed by atoms with Crippen molar-refractivity contribution in [2.24, 2.45) is 0 Å². The maximum Gasteiger partial charge on any atom is 0.243 e. The van der Waals surface area contributed by atoms with Crippen molar-refractivity contribution in [1.82, 2.24) is 10.2 Å². The first kappa shape index (κ1) is 28.4. The fraction of sp³-hybridized carbons (Fsp3) is 0.212. The van der Waals surface area contributed by atoms with Crippen LogP contribution in [0.2, 0.25) is 10.0 Å². The number of amides is 2. The van der Waals surface area contributed by atoms with E-state index in [0.717, 1.165) is 16.7 Å². The minimum absolute atomic E-state index is 0.113. The maximum absolute atomic E-state index is 14.3. The van der Waals surface area contributed by atoms with Crippen LogP contribution < -0.4 is 5.32 Å². The lowest BCUT2D eigenvalue weighted by molar-refractivity contribution is -0.141. The third-order valence-electron chi connectivity index (χ3n) is 6.79. The standard InChI is InChI=1S/C33H32Cl2N2O2/c1-2-36-33(39)31(21-24-13-6-3-7-14-24)37(23-28-29(34)19-12-20-30(28)35)32(38)22-27(25-15-8-4-9-16-25)26-17-10-5-11-18-26/h3-20,27,31H,2,21-23H2,1H3,(H,36,39)/t31-/m1/s1. The molecule has 0 aromatic heterocycles. The number of hydrogen-bond acceptors (Lipinski definition) is 2. The Labute approximate surface area is 240 Å². The summed E-state index contributed by atoms with van der Waals surface area (Å²) < 4.78 is 0. The van der Waals surface area contributed by atoms with E-state index in [9.17, 15) is 9.59 Å². The minimum atomic E-state index is -0.751. The molecule has 0 aliphatic rings. The van der Waals surface area contributed by atoms with Crippen LogP contribution in [0.1, 0.15) is 41.5 Å². The third kappa shape index (κ3) is 7.50. The van der Waals surface area contributed by atoms with Crippen LogP contribution in [0.4, 0.5) is 0 Å². The summed E-state index contributed by atoms with van der Waals surface area (Å²) in [6.07, 6.45) is 0.544. The Bertz CT molecular complexity index is 1300. The number of nitrogens with zero attached hydrogens (tertiary/aromatic N) is 1. The number of carbonyl (C=O) groups excluding carboxylic acids is 2. The zero-order valence-corrected chi connectivity index (χ0v) is 23.4. The van der Waals surface area contributed by atoms with Crippen LogP contribution in [0.15, 0.2) is 109 Å². The predicted molar refractivity (Wildman–Crippen MR) is 159 cm³/mol. The molecule has 0 saturated heterocycles. The quantitative estimate of drug-likeness (QED) is 0.210. The molecule has 0 unspecified atom stereocenters. The fourth-order valence-electron chi connectivity index (χ4n) is 4.79. The highest BCUT2D eigenvalue weighted by Crippen LogP contribution is 2.32. The zero-order chi connectivity index (χ0) is 27.6. The molecule has 4 aromatic carbocycles. The summed E-state index contributed by atoms with van der Waals surface area (Å²) in [5, 5.41) is 3.85. The fourth-order valence-corrected chi connectivity index (χ4v) is 5.31. The molecule has 4 nitrogen and oxygen atoms in total. The van der Waals surface area contributed by atoms with Crippen LogP contribution in [0, 0.1) is 0 Å². The Balaban J connectivity index is 1.76. The van der Waals surface area contributed by atoms with Gasteiger partial charge in [0.15, 0.2) is 0 Å². The van der Waals surface area contributed by atoms with E-state index in [1.807, 2.05) is 97.9 Å². The number of nitrogens with one attached hydrogen (secondary N) is 1. The van der Waals surface area contributed by atoms with Crippen LogP contribution in [0.25, 0.3) is 0 Å². The molecule has 0 radical (unpaired) electrons. The predicted octanol–water partition coefficient (Wildman–Crippen LogP) is 7.29. The van der Waals surface area contributed by atoms with Gasteiger partial charge in [0, 0.05) is 47.5 Å². The van der Waals surface area contributed by atoms with Crippen molar-refractivity contribution in [3.63, 3.8) is 0 Å². The van der Waals surface area contributed by atoms with E-state index in [-0.39, 0.29) is 30.7 Å². The van der Waals surface area contributed by atoms with Crippen molar-refractivity contribution in [1.29, 1.82) is 0 Å². The Morgan fingerprint density at radius 1 is 0.744 bits per heavy atom. The SMILES string of the molecule is CCNC(=O)[C@@H](Cc1ccccc1)N(Cc1c(Cl)cccc1Cl)C(=O)CC(c1ccccc1)c1ccccc1. The Morgan fingerprint density at radius 3 is 1.77 bits per heavy atom. The normalized spacial score (nSPS) is 11.7. The Kier molecular flexibility index (Phi) is 10.2. The number of halogens is 2. The second-order valence-corrected chi connectivity index (χ2v) is 10.2. The number of rotatable bonds is 11. The number of likely N-dealkylation sites (N-methyl/N-ethyl adjacent to an activating group) is 1. The van der Waals surface area contributed by atoms with Crippen molar-refractivity contribution in [3.8, 4) is 0 Å². The molecule has 39 heavy (non-hydrogen) atoms. The van der Waals surface area contributed by atoms with Crippen molar-refractivity contribution in [3.05, 3.63) is 141 Å². The second kappa shape index (κ2) is 14.0. The molecule has 1 N–H and O–H groups in total. The monoisotopic (exact) mass is 558 g/mol. The van der Waals surface area contributed by atoms with Crippen LogP contribution >= 0.6 is 23.2 Å². The lowest BCUT2D eigenvalue weighted by Crippen LogP contribution is -2.50. The molecule has 0 fully saturated rings. The molecule has 2 amide bonds. The van der Waals surface area contributed by atoms with E-state index in [4.69, 9.17) is 23.2 Å². The van der Waals surface area contributed by atoms with Crippen molar-refractivity contribution < 1.29 is 9.59 Å². The van der Waals surface area contributed by atoms with Gasteiger partial charge < -0.3 is 10.2 Å². The van der Waals surface area contributed by atoms with Gasteiger partial charge in [-0.05, 0) is 35.7 Å². The third-order valence-corrected chi connectivity index (χ3v) is 7.50. The average molecular weight is 560 g/mol. The minimum Gasteiger partial charge on any atom is -0.355 e. The topological polar surface area (TPSA) is 49.4 Å². The van der Waals surface area contributed by atoms with Gasteiger partial charge in [-0.15, -0.1) is 0 Å². The van der Waals surface area contributed by atoms with E-state index in [1.54, 1.807) is 23.1 Å². The number of hydrogen-bond donors (Lipinski definition) is 1. The molecule has 0 aliphatic heterocycles. The molecule has 6 heteroatoms. The lowest BCUT2D eigenvalue weighted by Gasteiger charge is -2.33. The van der Waals surface area contributed by atoms with E-state index in [0.29, 0.717) is 28.6 Å². The van der Waals surface area contributed by atoms with Crippen molar-refractivity contribution in [2.75, 3.05) is 6.54 Å². The molecule has 1 atom stereocenters. The van der Waals surface area contributed by atoms with Gasteiger partial charge in [-0.1, -0.05) is 120 Å². The largest absolute Gasteiger partial charge is 0.355 e. The molecular formula is C33H32Cl2N2O2. The molecule has 200 valence electrons. The zero-order valence-electron chi connectivity index (χ0n) is 21.9. The summed E-state index contributed by atoms with van der Waals surface area (Å²) in [6, 6.07) is 34.2. The van der Waals surface area contributed by atoms with Crippen LogP contribution in [-0.4, -0.2) is 29.3 Å². The molecule has 0 spiro atoms. The molecule has 4 rings (SSSR count). The molecule has 0 heterocycles. The maximum atomic E-state index is 14.3. The van der Waals surface area contributed by atoms with Gasteiger partial charge in [0.25, 0.3) is 0 Å². The van der Waals surface area contributed by atoms with E-state index >= 15 is 0 Å². The number of carbonyl (C=O) groups is 2. The molecule has 4 aromatic rings. The van der Waals surface area contributed by atoms with E-state index < -0.39 is 6.04 Å². The first-order valence-corrected chi connectivity index (χ1v) is 13.9. The summed E-state index contributed by atoms with van der Waals surface area (Å²) >= 11 is 13.1.